The Bertz CT molecular complexity index is 1500. The zero-order valence-electron chi connectivity index (χ0n) is 25.6. The third kappa shape index (κ3) is 7.76. The van der Waals surface area contributed by atoms with Crippen molar-refractivity contribution in [2.45, 2.75) is 82.8 Å². The summed E-state index contributed by atoms with van der Waals surface area (Å²) in [4.78, 5) is 29.7. The average Bonchev–Trinajstić information content (AvgIpc) is 3.01. The standard InChI is InChI=1S/C34H43N3O5S/c1-5-30(34(39)35-28-15-7-6-8-16-28)36(23-27-14-10-9-13-26(27)3)33(38)24-37(31-17-11-12-18-32(31)42-4)43(40,41)29-21-19-25(2)20-22-29/h9-14,17-22,28,30H,5-8,15-16,23-24H2,1-4H3,(H,35,39)/t30-/m1/s1. The molecule has 1 saturated carbocycles. The molecule has 0 unspecified atom stereocenters. The van der Waals surface area contributed by atoms with Gasteiger partial charge in [-0.25, -0.2) is 8.42 Å². The molecule has 1 N–H and O–H groups in total. The maximum atomic E-state index is 14.4. The van der Waals surface area contributed by atoms with Crippen LogP contribution in [0.25, 0.3) is 0 Å². The first-order valence-electron chi connectivity index (χ1n) is 15.0. The monoisotopic (exact) mass is 605 g/mol. The third-order valence-corrected chi connectivity index (χ3v) is 9.96. The molecule has 1 aliphatic rings. The highest BCUT2D eigenvalue weighted by molar-refractivity contribution is 7.92. The minimum absolute atomic E-state index is 0.0596. The van der Waals surface area contributed by atoms with Gasteiger partial charge in [-0.1, -0.05) is 80.3 Å². The van der Waals surface area contributed by atoms with Crippen molar-refractivity contribution in [2.24, 2.45) is 0 Å². The summed E-state index contributed by atoms with van der Waals surface area (Å²) in [6.45, 7) is 5.39. The number of para-hydroxylation sites is 2. The minimum atomic E-state index is -4.18. The number of nitrogens with one attached hydrogen (secondary N) is 1. The predicted molar refractivity (Wildman–Crippen MR) is 170 cm³/mol. The predicted octanol–water partition coefficient (Wildman–Crippen LogP) is 5.76. The molecule has 0 heterocycles. The van der Waals surface area contributed by atoms with E-state index < -0.39 is 28.5 Å². The second-order valence-electron chi connectivity index (χ2n) is 11.2. The van der Waals surface area contributed by atoms with Gasteiger partial charge < -0.3 is 15.0 Å². The highest BCUT2D eigenvalue weighted by atomic mass is 32.2. The van der Waals surface area contributed by atoms with E-state index in [1.165, 1.54) is 24.1 Å². The lowest BCUT2D eigenvalue weighted by Crippen LogP contribution is -2.54. The fraction of sp³-hybridized carbons (Fsp3) is 0.412. The Hall–Kier alpha value is -3.85. The van der Waals surface area contributed by atoms with Gasteiger partial charge in [-0.05, 0) is 68.5 Å². The summed E-state index contributed by atoms with van der Waals surface area (Å²) in [6, 6.07) is 20.3. The second kappa shape index (κ2) is 14.6. The first-order valence-corrected chi connectivity index (χ1v) is 16.5. The van der Waals surface area contributed by atoms with Crippen LogP contribution in [0.5, 0.6) is 5.75 Å². The number of amides is 2. The van der Waals surface area contributed by atoms with Crippen molar-refractivity contribution >= 4 is 27.5 Å². The van der Waals surface area contributed by atoms with E-state index >= 15 is 0 Å². The molecule has 4 rings (SSSR count). The molecule has 9 heteroatoms. The number of carbonyl (C=O) groups is 2. The van der Waals surface area contributed by atoms with Crippen LogP contribution in [0.4, 0.5) is 5.69 Å². The van der Waals surface area contributed by atoms with Crippen LogP contribution in [-0.4, -0.2) is 50.9 Å². The van der Waals surface area contributed by atoms with Crippen LogP contribution in [0.15, 0.2) is 77.7 Å². The van der Waals surface area contributed by atoms with Crippen molar-refractivity contribution in [2.75, 3.05) is 18.0 Å². The maximum Gasteiger partial charge on any atom is 0.264 e. The molecule has 0 saturated heterocycles. The largest absolute Gasteiger partial charge is 0.495 e. The molecule has 0 aromatic heterocycles. The molecule has 8 nitrogen and oxygen atoms in total. The molecule has 1 fully saturated rings. The number of hydrogen-bond donors (Lipinski definition) is 1. The highest BCUT2D eigenvalue weighted by Gasteiger charge is 2.35. The molecule has 3 aromatic carbocycles. The van der Waals surface area contributed by atoms with Crippen molar-refractivity contribution in [3.8, 4) is 5.75 Å². The fourth-order valence-electron chi connectivity index (χ4n) is 5.62. The number of carbonyl (C=O) groups excluding carboxylic acids is 2. The van der Waals surface area contributed by atoms with Gasteiger partial charge in [0.25, 0.3) is 10.0 Å². The Morgan fingerprint density at radius 1 is 0.930 bits per heavy atom. The van der Waals surface area contributed by atoms with Gasteiger partial charge in [-0.3, -0.25) is 13.9 Å². The van der Waals surface area contributed by atoms with E-state index in [-0.39, 0.29) is 29.1 Å². The minimum Gasteiger partial charge on any atom is -0.495 e. The van der Waals surface area contributed by atoms with Gasteiger partial charge in [-0.2, -0.15) is 0 Å². The SMILES string of the molecule is CC[C@H](C(=O)NC1CCCCC1)N(Cc1ccccc1C)C(=O)CN(c1ccccc1OC)S(=O)(=O)c1ccc(C)cc1. The molecule has 1 aliphatic carbocycles. The molecule has 43 heavy (non-hydrogen) atoms. The van der Waals surface area contributed by atoms with E-state index in [1.807, 2.05) is 45.0 Å². The molecular weight excluding hydrogens is 562 g/mol. The van der Waals surface area contributed by atoms with Gasteiger partial charge in [0, 0.05) is 12.6 Å². The molecular formula is C34H43N3O5S. The highest BCUT2D eigenvalue weighted by Crippen LogP contribution is 2.33. The second-order valence-corrected chi connectivity index (χ2v) is 13.1. The topological polar surface area (TPSA) is 96.0 Å². The van der Waals surface area contributed by atoms with Crippen molar-refractivity contribution in [3.63, 3.8) is 0 Å². The van der Waals surface area contributed by atoms with Crippen LogP contribution in [-0.2, 0) is 26.2 Å². The van der Waals surface area contributed by atoms with Crippen molar-refractivity contribution in [3.05, 3.63) is 89.5 Å². The van der Waals surface area contributed by atoms with E-state index in [2.05, 4.69) is 5.32 Å². The van der Waals surface area contributed by atoms with Crippen LogP contribution in [0.1, 0.15) is 62.1 Å². The van der Waals surface area contributed by atoms with E-state index in [9.17, 15) is 18.0 Å². The number of benzene rings is 3. The van der Waals surface area contributed by atoms with Crippen LogP contribution in [0, 0.1) is 13.8 Å². The van der Waals surface area contributed by atoms with E-state index in [1.54, 1.807) is 36.4 Å². The summed E-state index contributed by atoms with van der Waals surface area (Å²) in [5.74, 6) is -0.365. The smallest absolute Gasteiger partial charge is 0.264 e. The Morgan fingerprint density at radius 2 is 1.58 bits per heavy atom. The van der Waals surface area contributed by atoms with E-state index in [0.717, 1.165) is 53.1 Å². The van der Waals surface area contributed by atoms with Gasteiger partial charge in [0.15, 0.2) is 0 Å². The zero-order valence-corrected chi connectivity index (χ0v) is 26.4. The molecule has 0 bridgehead atoms. The number of ether oxygens (including phenoxy) is 1. The zero-order chi connectivity index (χ0) is 31.0. The summed E-state index contributed by atoms with van der Waals surface area (Å²) >= 11 is 0. The maximum absolute atomic E-state index is 14.4. The summed E-state index contributed by atoms with van der Waals surface area (Å²) in [6.07, 6.45) is 5.52. The number of aryl methyl sites for hydroxylation is 2. The van der Waals surface area contributed by atoms with Crippen molar-refractivity contribution in [1.82, 2.24) is 10.2 Å². The average molecular weight is 606 g/mol. The normalized spacial score (nSPS) is 14.5. The quantitative estimate of drug-likeness (QED) is 0.283. The Kier molecular flexibility index (Phi) is 10.9. The molecule has 0 spiro atoms. The molecule has 0 aliphatic heterocycles. The molecule has 230 valence electrons. The first kappa shape index (κ1) is 32.1. The number of hydrogen-bond acceptors (Lipinski definition) is 5. The summed E-state index contributed by atoms with van der Waals surface area (Å²) in [5, 5.41) is 3.19. The fourth-order valence-corrected chi connectivity index (χ4v) is 7.05. The van der Waals surface area contributed by atoms with Crippen LogP contribution in [0.2, 0.25) is 0 Å². The van der Waals surface area contributed by atoms with Crippen molar-refractivity contribution < 1.29 is 22.7 Å². The van der Waals surface area contributed by atoms with Crippen LogP contribution >= 0.6 is 0 Å². The Balaban J connectivity index is 1.74. The van der Waals surface area contributed by atoms with E-state index in [4.69, 9.17) is 4.74 Å². The molecule has 1 atom stereocenters. The lowest BCUT2D eigenvalue weighted by atomic mass is 9.95. The van der Waals surface area contributed by atoms with Crippen LogP contribution in [0.3, 0.4) is 0 Å². The van der Waals surface area contributed by atoms with Gasteiger partial charge in [0.1, 0.15) is 18.3 Å². The summed E-state index contributed by atoms with van der Waals surface area (Å²) in [7, 11) is -2.72. The number of rotatable bonds is 12. The summed E-state index contributed by atoms with van der Waals surface area (Å²) < 4.78 is 34.9. The first-order chi connectivity index (χ1) is 20.6. The number of methoxy groups -OCH3 is 1. The van der Waals surface area contributed by atoms with E-state index in [0.29, 0.717) is 12.2 Å². The van der Waals surface area contributed by atoms with Gasteiger partial charge in [-0.15, -0.1) is 0 Å². The lowest BCUT2D eigenvalue weighted by molar-refractivity contribution is -0.140. The molecule has 3 aromatic rings. The van der Waals surface area contributed by atoms with Crippen LogP contribution < -0.4 is 14.4 Å². The van der Waals surface area contributed by atoms with Gasteiger partial charge in [0.05, 0.1) is 17.7 Å². The number of sulfonamides is 1. The molecule has 2 amide bonds. The number of nitrogens with zero attached hydrogens (tertiary/aromatic N) is 2. The lowest BCUT2D eigenvalue weighted by Gasteiger charge is -2.35. The molecule has 0 radical (unpaired) electrons. The number of anilines is 1. The van der Waals surface area contributed by atoms with Gasteiger partial charge >= 0.3 is 0 Å². The van der Waals surface area contributed by atoms with Gasteiger partial charge in [0.2, 0.25) is 11.8 Å². The third-order valence-electron chi connectivity index (χ3n) is 8.18. The Morgan fingerprint density at radius 3 is 2.23 bits per heavy atom. The summed E-state index contributed by atoms with van der Waals surface area (Å²) in [5.41, 5.74) is 3.04. The Labute approximate surface area is 256 Å². The van der Waals surface area contributed by atoms with Crippen molar-refractivity contribution in [1.29, 1.82) is 0 Å².